The van der Waals surface area contributed by atoms with Gasteiger partial charge in [-0.25, -0.2) is 0 Å². The highest BCUT2D eigenvalue weighted by Gasteiger charge is 2.21. The summed E-state index contributed by atoms with van der Waals surface area (Å²) in [5.74, 6) is 0. The third-order valence-corrected chi connectivity index (χ3v) is 5.48. The Kier molecular flexibility index (Phi) is 3.86. The van der Waals surface area contributed by atoms with E-state index < -0.39 is 0 Å². The van der Waals surface area contributed by atoms with Crippen molar-refractivity contribution < 1.29 is 0 Å². The number of hydrogen-bond acceptors (Lipinski definition) is 2. The molecule has 1 aliphatic rings. The first-order chi connectivity index (χ1) is 9.19. The van der Waals surface area contributed by atoms with Crippen molar-refractivity contribution in [2.45, 2.75) is 25.3 Å². The van der Waals surface area contributed by atoms with Crippen LogP contribution in [0.5, 0.6) is 0 Å². The molecule has 4 heteroatoms. The van der Waals surface area contributed by atoms with Crippen LogP contribution in [-0.4, -0.2) is 7.05 Å². The van der Waals surface area contributed by atoms with Crippen molar-refractivity contribution in [3.63, 3.8) is 0 Å². The van der Waals surface area contributed by atoms with E-state index >= 15 is 0 Å². The maximum absolute atomic E-state index is 6.33. The molecule has 19 heavy (non-hydrogen) atoms. The molecule has 0 aliphatic heterocycles. The number of benzene rings is 1. The molecule has 2 aromatic rings. The predicted octanol–water partition coefficient (Wildman–Crippen LogP) is 4.85. The van der Waals surface area contributed by atoms with Crippen LogP contribution in [0.4, 0.5) is 0 Å². The number of halogens is 2. The second-order valence-electron chi connectivity index (χ2n) is 4.84. The van der Waals surface area contributed by atoms with E-state index in [0.717, 1.165) is 10.6 Å². The van der Waals surface area contributed by atoms with Crippen molar-refractivity contribution in [3.05, 3.63) is 55.2 Å². The number of aryl methyl sites for hydroxylation is 2. The molecule has 0 saturated heterocycles. The molecule has 0 saturated carbocycles. The number of rotatable bonds is 3. The Morgan fingerprint density at radius 1 is 1.21 bits per heavy atom. The van der Waals surface area contributed by atoms with Gasteiger partial charge < -0.3 is 5.32 Å². The van der Waals surface area contributed by atoms with Crippen LogP contribution in [0.25, 0.3) is 0 Å². The van der Waals surface area contributed by atoms with E-state index in [1.807, 2.05) is 36.6 Å². The fraction of sp³-hybridized carbons (Fsp3) is 0.333. The minimum Gasteiger partial charge on any atom is -0.309 e. The van der Waals surface area contributed by atoms with Gasteiger partial charge in [-0.1, -0.05) is 29.3 Å². The number of hydrogen-bond donors (Lipinski definition) is 1. The molecule has 0 spiro atoms. The standard InChI is InChI=1S/C15H15Cl2NS/c1-18-15(11-6-5-10(16)8-12(11)17)14-7-9-3-2-4-13(9)19-14/h5-8,15,18H,2-4H2,1H3. The maximum Gasteiger partial charge on any atom is 0.0683 e. The van der Waals surface area contributed by atoms with Gasteiger partial charge in [-0.3, -0.25) is 0 Å². The van der Waals surface area contributed by atoms with Gasteiger partial charge in [0.2, 0.25) is 0 Å². The molecule has 1 unspecified atom stereocenters. The predicted molar refractivity (Wildman–Crippen MR) is 83.7 cm³/mol. The summed E-state index contributed by atoms with van der Waals surface area (Å²) < 4.78 is 0. The van der Waals surface area contributed by atoms with Gasteiger partial charge in [-0.2, -0.15) is 0 Å². The van der Waals surface area contributed by atoms with Gasteiger partial charge in [-0.15, -0.1) is 11.3 Å². The third kappa shape index (κ3) is 2.55. The molecule has 1 heterocycles. The molecule has 100 valence electrons. The summed E-state index contributed by atoms with van der Waals surface area (Å²) in [5, 5.41) is 4.77. The van der Waals surface area contributed by atoms with E-state index in [1.54, 1.807) is 4.88 Å². The lowest BCUT2D eigenvalue weighted by Crippen LogP contribution is -2.16. The van der Waals surface area contributed by atoms with E-state index in [0.29, 0.717) is 5.02 Å². The van der Waals surface area contributed by atoms with Crippen molar-refractivity contribution in [3.8, 4) is 0 Å². The lowest BCUT2D eigenvalue weighted by molar-refractivity contribution is 0.703. The van der Waals surface area contributed by atoms with Crippen LogP contribution in [0.1, 0.15) is 33.3 Å². The van der Waals surface area contributed by atoms with Crippen LogP contribution >= 0.6 is 34.5 Å². The van der Waals surface area contributed by atoms with Crippen LogP contribution in [-0.2, 0) is 12.8 Å². The molecule has 1 N–H and O–H groups in total. The maximum atomic E-state index is 6.33. The lowest BCUT2D eigenvalue weighted by atomic mass is 10.0. The molecular formula is C15H15Cl2NS. The molecular weight excluding hydrogens is 297 g/mol. The molecule has 1 aromatic carbocycles. The molecule has 1 atom stereocenters. The summed E-state index contributed by atoms with van der Waals surface area (Å²) in [6.45, 7) is 0. The molecule has 3 rings (SSSR count). The highest BCUT2D eigenvalue weighted by Crippen LogP contribution is 2.38. The average molecular weight is 312 g/mol. The van der Waals surface area contributed by atoms with Gasteiger partial charge in [0, 0.05) is 19.8 Å². The van der Waals surface area contributed by atoms with E-state index in [4.69, 9.17) is 23.2 Å². The first-order valence-electron chi connectivity index (χ1n) is 6.42. The Bertz CT molecular complexity index is 585. The first-order valence-corrected chi connectivity index (χ1v) is 8.00. The largest absolute Gasteiger partial charge is 0.309 e. The van der Waals surface area contributed by atoms with E-state index in [-0.39, 0.29) is 6.04 Å². The first kappa shape index (κ1) is 13.4. The van der Waals surface area contributed by atoms with Crippen molar-refractivity contribution in [1.82, 2.24) is 5.32 Å². The van der Waals surface area contributed by atoms with Gasteiger partial charge in [0.25, 0.3) is 0 Å². The SMILES string of the molecule is CNC(c1cc2c(s1)CCC2)c1ccc(Cl)cc1Cl. The molecule has 0 radical (unpaired) electrons. The van der Waals surface area contributed by atoms with Crippen molar-refractivity contribution in [2.24, 2.45) is 0 Å². The fourth-order valence-corrected chi connectivity index (χ4v) is 4.59. The van der Waals surface area contributed by atoms with E-state index in [2.05, 4.69) is 11.4 Å². The summed E-state index contributed by atoms with van der Waals surface area (Å²) in [7, 11) is 1.97. The van der Waals surface area contributed by atoms with Gasteiger partial charge in [0.1, 0.15) is 0 Å². The Hall–Kier alpha value is -0.540. The third-order valence-electron chi connectivity index (χ3n) is 3.61. The zero-order valence-electron chi connectivity index (χ0n) is 10.7. The molecule has 1 aliphatic carbocycles. The quantitative estimate of drug-likeness (QED) is 0.854. The average Bonchev–Trinajstić information content (AvgIpc) is 2.93. The minimum atomic E-state index is 0.153. The minimum absolute atomic E-state index is 0.153. The lowest BCUT2D eigenvalue weighted by Gasteiger charge is -2.17. The van der Waals surface area contributed by atoms with Crippen LogP contribution in [0.3, 0.4) is 0 Å². The summed E-state index contributed by atoms with van der Waals surface area (Å²) >= 11 is 14.2. The Balaban J connectivity index is 1.99. The summed E-state index contributed by atoms with van der Waals surface area (Å²) in [4.78, 5) is 2.89. The molecule has 1 nitrogen and oxygen atoms in total. The second-order valence-corrected chi connectivity index (χ2v) is 6.85. The molecule has 0 bridgehead atoms. The van der Waals surface area contributed by atoms with Crippen molar-refractivity contribution in [1.29, 1.82) is 0 Å². The number of thiophene rings is 1. The van der Waals surface area contributed by atoms with Crippen molar-refractivity contribution in [2.75, 3.05) is 7.05 Å². The second kappa shape index (κ2) is 5.45. The van der Waals surface area contributed by atoms with E-state index in [1.165, 1.54) is 29.7 Å². The monoisotopic (exact) mass is 311 g/mol. The van der Waals surface area contributed by atoms with Gasteiger partial charge in [-0.05, 0) is 55.6 Å². The molecule has 1 aromatic heterocycles. The number of fused-ring (bicyclic) bond motifs is 1. The zero-order chi connectivity index (χ0) is 13.4. The Morgan fingerprint density at radius 3 is 2.74 bits per heavy atom. The molecule has 0 fully saturated rings. The zero-order valence-corrected chi connectivity index (χ0v) is 13.0. The summed E-state index contributed by atoms with van der Waals surface area (Å²) in [5.41, 5.74) is 2.61. The van der Waals surface area contributed by atoms with Gasteiger partial charge in [0.15, 0.2) is 0 Å². The topological polar surface area (TPSA) is 12.0 Å². The highest BCUT2D eigenvalue weighted by molar-refractivity contribution is 7.12. The van der Waals surface area contributed by atoms with E-state index in [9.17, 15) is 0 Å². The Morgan fingerprint density at radius 2 is 2.05 bits per heavy atom. The van der Waals surface area contributed by atoms with Crippen molar-refractivity contribution >= 4 is 34.5 Å². The normalized spacial score (nSPS) is 15.5. The summed E-state index contributed by atoms with van der Waals surface area (Å²) in [6.07, 6.45) is 3.74. The fourth-order valence-electron chi connectivity index (χ4n) is 2.68. The smallest absolute Gasteiger partial charge is 0.0683 e. The highest BCUT2D eigenvalue weighted by atomic mass is 35.5. The molecule has 0 amide bonds. The van der Waals surface area contributed by atoms with Crippen LogP contribution < -0.4 is 5.32 Å². The van der Waals surface area contributed by atoms with Crippen LogP contribution in [0.15, 0.2) is 24.3 Å². The number of nitrogens with one attached hydrogen (secondary N) is 1. The van der Waals surface area contributed by atoms with Crippen LogP contribution in [0, 0.1) is 0 Å². The van der Waals surface area contributed by atoms with Crippen LogP contribution in [0.2, 0.25) is 10.0 Å². The summed E-state index contributed by atoms with van der Waals surface area (Å²) in [6, 6.07) is 8.20. The van der Waals surface area contributed by atoms with Gasteiger partial charge in [0.05, 0.1) is 6.04 Å². The van der Waals surface area contributed by atoms with Gasteiger partial charge >= 0.3 is 0 Å². The Labute approximate surface area is 127 Å².